The summed E-state index contributed by atoms with van der Waals surface area (Å²) >= 11 is 3.52. The molecule has 2 aromatic carbocycles. The molecule has 2 heterocycles. The lowest BCUT2D eigenvalue weighted by atomic mass is 10.0. The number of halogens is 1. The minimum atomic E-state index is -0.0165. The van der Waals surface area contributed by atoms with Crippen molar-refractivity contribution in [2.45, 2.75) is 25.3 Å². The van der Waals surface area contributed by atoms with E-state index < -0.39 is 0 Å². The first-order chi connectivity index (χ1) is 15.1. The van der Waals surface area contributed by atoms with E-state index in [1.54, 1.807) is 0 Å². The van der Waals surface area contributed by atoms with Crippen LogP contribution in [-0.2, 0) is 16.0 Å². The molecule has 164 valence electrons. The molecule has 1 fully saturated rings. The molecule has 2 N–H and O–H groups in total. The van der Waals surface area contributed by atoms with E-state index in [1.165, 1.54) is 0 Å². The van der Waals surface area contributed by atoms with Crippen molar-refractivity contribution in [3.8, 4) is 11.5 Å². The molecule has 0 spiro atoms. The molecular formula is C23H26BrN3O4. The number of nitrogens with zero attached hydrogens (tertiary/aromatic N) is 1. The molecule has 0 saturated carbocycles. The summed E-state index contributed by atoms with van der Waals surface area (Å²) < 4.78 is 12.0. The molecule has 2 aliphatic rings. The highest BCUT2D eigenvalue weighted by molar-refractivity contribution is 9.10. The van der Waals surface area contributed by atoms with E-state index in [4.69, 9.17) is 9.47 Å². The van der Waals surface area contributed by atoms with Crippen LogP contribution < -0.4 is 20.1 Å². The predicted octanol–water partition coefficient (Wildman–Crippen LogP) is 2.98. The van der Waals surface area contributed by atoms with Gasteiger partial charge in [-0.2, -0.15) is 0 Å². The molecule has 0 radical (unpaired) electrons. The summed E-state index contributed by atoms with van der Waals surface area (Å²) in [4.78, 5) is 26.9. The highest BCUT2D eigenvalue weighted by Crippen LogP contribution is 2.35. The normalized spacial score (nSPS) is 16.5. The Morgan fingerprint density at radius 3 is 2.39 bits per heavy atom. The fourth-order valence-electron chi connectivity index (χ4n) is 3.85. The third-order valence-corrected chi connectivity index (χ3v) is 6.18. The van der Waals surface area contributed by atoms with Crippen molar-refractivity contribution < 1.29 is 19.1 Å². The average Bonchev–Trinajstić information content (AvgIpc) is 2.76. The fraction of sp³-hybridized carbons (Fsp3) is 0.391. The molecule has 2 amide bonds. The monoisotopic (exact) mass is 487 g/mol. The van der Waals surface area contributed by atoms with Gasteiger partial charge >= 0.3 is 0 Å². The van der Waals surface area contributed by atoms with Gasteiger partial charge < -0.3 is 20.1 Å². The van der Waals surface area contributed by atoms with Gasteiger partial charge in [-0.3, -0.25) is 14.5 Å². The number of amides is 2. The van der Waals surface area contributed by atoms with Gasteiger partial charge in [0.05, 0.1) is 13.0 Å². The molecule has 0 atom stereocenters. The van der Waals surface area contributed by atoms with Gasteiger partial charge in [-0.05, 0) is 42.7 Å². The molecular weight excluding hydrogens is 462 g/mol. The number of carbonyl (C=O) groups excluding carboxylic acids is 2. The van der Waals surface area contributed by atoms with Crippen LogP contribution in [0.25, 0.3) is 0 Å². The zero-order valence-corrected chi connectivity index (χ0v) is 18.8. The maximum Gasteiger partial charge on any atom is 0.238 e. The first-order valence-electron chi connectivity index (χ1n) is 10.5. The number of likely N-dealkylation sites (tertiary alicyclic amines) is 1. The number of anilines is 1. The molecule has 0 aliphatic carbocycles. The Labute approximate surface area is 190 Å². The number of ether oxygens (including phenoxy) is 2. The highest BCUT2D eigenvalue weighted by Gasteiger charge is 2.23. The van der Waals surface area contributed by atoms with Gasteiger partial charge in [0.2, 0.25) is 11.8 Å². The van der Waals surface area contributed by atoms with Crippen LogP contribution in [0.3, 0.4) is 0 Å². The van der Waals surface area contributed by atoms with Gasteiger partial charge in [-0.1, -0.05) is 34.1 Å². The summed E-state index contributed by atoms with van der Waals surface area (Å²) in [6.07, 6.45) is 1.93. The second-order valence-corrected chi connectivity index (χ2v) is 8.65. The van der Waals surface area contributed by atoms with Crippen molar-refractivity contribution in [1.29, 1.82) is 0 Å². The molecule has 7 nitrogen and oxygen atoms in total. The van der Waals surface area contributed by atoms with E-state index in [-0.39, 0.29) is 24.3 Å². The Kier molecular flexibility index (Phi) is 7.09. The number of hydrogen-bond acceptors (Lipinski definition) is 5. The summed E-state index contributed by atoms with van der Waals surface area (Å²) in [7, 11) is 0. The molecule has 31 heavy (non-hydrogen) atoms. The fourth-order valence-corrected chi connectivity index (χ4v) is 4.32. The molecule has 2 aliphatic heterocycles. The van der Waals surface area contributed by atoms with Crippen molar-refractivity contribution in [2.75, 3.05) is 38.2 Å². The van der Waals surface area contributed by atoms with Crippen molar-refractivity contribution in [1.82, 2.24) is 10.2 Å². The van der Waals surface area contributed by atoms with E-state index in [9.17, 15) is 9.59 Å². The number of nitrogens with one attached hydrogen (secondary N) is 2. The lowest BCUT2D eigenvalue weighted by molar-refractivity contribution is -0.122. The Hall–Kier alpha value is -2.58. The summed E-state index contributed by atoms with van der Waals surface area (Å²) in [6, 6.07) is 13.3. The van der Waals surface area contributed by atoms with Crippen molar-refractivity contribution in [2.24, 2.45) is 0 Å². The standard InChI is InChI=1S/C23H26BrN3O4/c24-19-14-21-20(30-10-11-31-21)12-16(19)13-22(28)25-18-6-8-27(9-7-18)15-23(29)26-17-4-2-1-3-5-17/h1-5,12,14,18H,6-11,13,15H2,(H,25,28)(H,26,29). The van der Waals surface area contributed by atoms with Crippen LogP contribution >= 0.6 is 15.9 Å². The maximum absolute atomic E-state index is 12.6. The summed E-state index contributed by atoms with van der Waals surface area (Å²) in [5.41, 5.74) is 1.68. The van der Waals surface area contributed by atoms with E-state index >= 15 is 0 Å². The van der Waals surface area contributed by atoms with Gasteiger partial charge in [-0.25, -0.2) is 0 Å². The van der Waals surface area contributed by atoms with Crippen molar-refractivity contribution >= 4 is 33.4 Å². The van der Waals surface area contributed by atoms with Crippen LogP contribution in [-0.4, -0.2) is 55.6 Å². The van der Waals surface area contributed by atoms with Gasteiger partial charge in [0.15, 0.2) is 11.5 Å². The lowest BCUT2D eigenvalue weighted by Gasteiger charge is -2.32. The largest absolute Gasteiger partial charge is 0.486 e. The SMILES string of the molecule is O=C(CN1CCC(NC(=O)Cc2cc3c(cc2Br)OCCO3)CC1)Nc1ccccc1. The summed E-state index contributed by atoms with van der Waals surface area (Å²) in [5.74, 6) is 1.35. The van der Waals surface area contributed by atoms with Crippen LogP contribution in [0.15, 0.2) is 46.9 Å². The summed E-state index contributed by atoms with van der Waals surface area (Å²) in [6.45, 7) is 2.97. The van der Waals surface area contributed by atoms with Crippen LogP contribution in [0, 0.1) is 0 Å². The Morgan fingerprint density at radius 2 is 1.68 bits per heavy atom. The molecule has 0 bridgehead atoms. The minimum Gasteiger partial charge on any atom is -0.486 e. The lowest BCUT2D eigenvalue weighted by Crippen LogP contribution is -2.46. The van der Waals surface area contributed by atoms with E-state index in [2.05, 4.69) is 31.5 Å². The Morgan fingerprint density at radius 1 is 1.00 bits per heavy atom. The zero-order valence-electron chi connectivity index (χ0n) is 17.2. The third kappa shape index (κ3) is 5.98. The average molecular weight is 488 g/mol. The number of para-hydroxylation sites is 1. The molecule has 1 saturated heterocycles. The van der Waals surface area contributed by atoms with Crippen LogP contribution in [0.4, 0.5) is 5.69 Å². The molecule has 4 rings (SSSR count). The maximum atomic E-state index is 12.6. The van der Waals surface area contributed by atoms with Crippen molar-refractivity contribution in [3.63, 3.8) is 0 Å². The molecule has 0 unspecified atom stereocenters. The number of hydrogen-bond donors (Lipinski definition) is 2. The number of fused-ring (bicyclic) bond motifs is 1. The number of rotatable bonds is 6. The van der Waals surface area contributed by atoms with Gasteiger partial charge in [0.25, 0.3) is 0 Å². The zero-order chi connectivity index (χ0) is 21.6. The quantitative estimate of drug-likeness (QED) is 0.654. The smallest absolute Gasteiger partial charge is 0.238 e. The first kappa shape index (κ1) is 21.6. The topological polar surface area (TPSA) is 79.9 Å². The molecule has 2 aromatic rings. The van der Waals surface area contributed by atoms with Crippen molar-refractivity contribution in [3.05, 3.63) is 52.5 Å². The van der Waals surface area contributed by atoms with Crippen LogP contribution in [0.1, 0.15) is 18.4 Å². The van der Waals surface area contributed by atoms with Gasteiger partial charge in [0, 0.05) is 29.3 Å². The van der Waals surface area contributed by atoms with Crippen LogP contribution in [0.5, 0.6) is 11.5 Å². The predicted molar refractivity (Wildman–Crippen MR) is 122 cm³/mol. The number of carbonyl (C=O) groups is 2. The van der Waals surface area contributed by atoms with Gasteiger partial charge in [0.1, 0.15) is 13.2 Å². The summed E-state index contributed by atoms with van der Waals surface area (Å²) in [5, 5.41) is 6.04. The van der Waals surface area contributed by atoms with E-state index in [1.807, 2.05) is 42.5 Å². The van der Waals surface area contributed by atoms with Gasteiger partial charge in [-0.15, -0.1) is 0 Å². The second-order valence-electron chi connectivity index (χ2n) is 7.80. The third-order valence-electron chi connectivity index (χ3n) is 5.44. The van der Waals surface area contributed by atoms with E-state index in [0.717, 1.165) is 41.7 Å². The number of benzene rings is 2. The minimum absolute atomic E-state index is 0.0161. The Balaban J connectivity index is 1.22. The molecule has 8 heteroatoms. The number of piperidine rings is 1. The van der Waals surface area contributed by atoms with Crippen LogP contribution in [0.2, 0.25) is 0 Å². The first-order valence-corrected chi connectivity index (χ1v) is 11.3. The second kappa shape index (κ2) is 10.2. The molecule has 0 aromatic heterocycles. The Bertz CT molecular complexity index is 930. The highest BCUT2D eigenvalue weighted by atomic mass is 79.9. The van der Waals surface area contributed by atoms with E-state index in [0.29, 0.717) is 31.3 Å².